The molecule has 0 aliphatic rings. The molecule has 0 rings (SSSR count). The fraction of sp³-hybridized carbons (Fsp3) is 0.609. The highest BCUT2D eigenvalue weighted by Gasteiger charge is 1.97. The molecule has 142 valence electrons. The van der Waals surface area contributed by atoms with Crippen LogP contribution in [0.5, 0.6) is 0 Å². The molecular formula is C23H38O2. The van der Waals surface area contributed by atoms with E-state index in [0.29, 0.717) is 6.42 Å². The standard InChI is InChI=1S/C23H38O2/c1-3-4-5-6-7-8-9-10-11-12-13-14-15-16-17-18-19-20-21-22-23(24)25-2/h7-8,10-11,13-14,16-17H,3-6,9,12,15,18-22H2,1-2H3. The molecule has 0 atom stereocenters. The van der Waals surface area contributed by atoms with Gasteiger partial charge in [-0.3, -0.25) is 4.79 Å². The Balaban J connectivity index is 3.39. The number of allylic oxidation sites excluding steroid dienone is 8. The van der Waals surface area contributed by atoms with Gasteiger partial charge in [0.15, 0.2) is 0 Å². The summed E-state index contributed by atoms with van der Waals surface area (Å²) in [4.78, 5) is 10.9. The molecule has 25 heavy (non-hydrogen) atoms. The zero-order valence-electron chi connectivity index (χ0n) is 16.4. The lowest BCUT2D eigenvalue weighted by atomic mass is 10.1. The highest BCUT2D eigenvalue weighted by molar-refractivity contribution is 5.68. The van der Waals surface area contributed by atoms with Gasteiger partial charge in [-0.15, -0.1) is 0 Å². The Labute approximate surface area is 155 Å². The highest BCUT2D eigenvalue weighted by atomic mass is 16.5. The van der Waals surface area contributed by atoms with Crippen molar-refractivity contribution in [1.29, 1.82) is 0 Å². The van der Waals surface area contributed by atoms with Gasteiger partial charge in [-0.1, -0.05) is 74.8 Å². The quantitative estimate of drug-likeness (QED) is 0.169. The third-order valence-corrected chi connectivity index (χ3v) is 3.94. The van der Waals surface area contributed by atoms with E-state index in [9.17, 15) is 4.79 Å². The van der Waals surface area contributed by atoms with Crippen LogP contribution in [-0.2, 0) is 9.53 Å². The van der Waals surface area contributed by atoms with Crippen molar-refractivity contribution in [2.45, 2.75) is 84.0 Å². The molecule has 0 aromatic rings. The van der Waals surface area contributed by atoms with Crippen LogP contribution in [0.4, 0.5) is 0 Å². The zero-order chi connectivity index (χ0) is 18.4. The molecule has 0 spiro atoms. The van der Waals surface area contributed by atoms with Crippen LogP contribution in [-0.4, -0.2) is 13.1 Å². The minimum Gasteiger partial charge on any atom is -0.469 e. The summed E-state index contributed by atoms with van der Waals surface area (Å²) in [5.74, 6) is -0.0993. The third-order valence-electron chi connectivity index (χ3n) is 3.94. The Morgan fingerprint density at radius 1 is 0.680 bits per heavy atom. The summed E-state index contributed by atoms with van der Waals surface area (Å²) in [6, 6.07) is 0. The van der Waals surface area contributed by atoms with Crippen molar-refractivity contribution in [3.05, 3.63) is 48.6 Å². The number of methoxy groups -OCH3 is 1. The molecule has 0 saturated heterocycles. The van der Waals surface area contributed by atoms with E-state index >= 15 is 0 Å². The van der Waals surface area contributed by atoms with Gasteiger partial charge in [-0.05, 0) is 51.4 Å². The van der Waals surface area contributed by atoms with Gasteiger partial charge in [0, 0.05) is 6.42 Å². The second-order valence-corrected chi connectivity index (χ2v) is 6.26. The van der Waals surface area contributed by atoms with E-state index in [-0.39, 0.29) is 5.97 Å². The number of rotatable bonds is 16. The van der Waals surface area contributed by atoms with Crippen LogP contribution >= 0.6 is 0 Å². The molecular weight excluding hydrogens is 308 g/mol. The number of unbranched alkanes of at least 4 members (excludes halogenated alkanes) is 6. The molecule has 0 radical (unpaired) electrons. The Morgan fingerprint density at radius 3 is 1.64 bits per heavy atom. The predicted molar refractivity (Wildman–Crippen MR) is 110 cm³/mol. The normalized spacial score (nSPS) is 12.2. The van der Waals surface area contributed by atoms with Crippen LogP contribution in [0.1, 0.15) is 84.0 Å². The van der Waals surface area contributed by atoms with Crippen LogP contribution in [0, 0.1) is 0 Å². The average molecular weight is 347 g/mol. The van der Waals surface area contributed by atoms with Crippen LogP contribution < -0.4 is 0 Å². The van der Waals surface area contributed by atoms with Gasteiger partial charge in [-0.2, -0.15) is 0 Å². The first-order chi connectivity index (χ1) is 12.3. The number of esters is 1. The van der Waals surface area contributed by atoms with Gasteiger partial charge in [0.25, 0.3) is 0 Å². The van der Waals surface area contributed by atoms with Crippen LogP contribution in [0.2, 0.25) is 0 Å². The minimum atomic E-state index is -0.0993. The summed E-state index contributed by atoms with van der Waals surface area (Å²) in [5.41, 5.74) is 0. The van der Waals surface area contributed by atoms with Gasteiger partial charge in [0.2, 0.25) is 0 Å². The fourth-order valence-corrected chi connectivity index (χ4v) is 2.37. The highest BCUT2D eigenvalue weighted by Crippen LogP contribution is 2.05. The van der Waals surface area contributed by atoms with Gasteiger partial charge < -0.3 is 4.74 Å². The van der Waals surface area contributed by atoms with Gasteiger partial charge in [0.1, 0.15) is 0 Å². The van der Waals surface area contributed by atoms with E-state index in [1.54, 1.807) is 0 Å². The SMILES string of the molecule is CCCCCC=CCC=CCC=CCC=CCCCCCC(=O)OC. The first-order valence-corrected chi connectivity index (χ1v) is 9.98. The maximum absolute atomic E-state index is 10.9. The summed E-state index contributed by atoms with van der Waals surface area (Å²) in [5, 5.41) is 0. The Kier molecular flexibility index (Phi) is 19.2. The molecule has 2 heteroatoms. The van der Waals surface area contributed by atoms with Crippen LogP contribution in [0.15, 0.2) is 48.6 Å². The minimum absolute atomic E-state index is 0.0993. The molecule has 0 saturated carbocycles. The van der Waals surface area contributed by atoms with Crippen molar-refractivity contribution >= 4 is 5.97 Å². The van der Waals surface area contributed by atoms with E-state index in [1.165, 1.54) is 32.8 Å². The first-order valence-electron chi connectivity index (χ1n) is 9.98. The van der Waals surface area contributed by atoms with Crippen molar-refractivity contribution in [1.82, 2.24) is 0 Å². The van der Waals surface area contributed by atoms with E-state index in [0.717, 1.165) is 44.9 Å². The van der Waals surface area contributed by atoms with Crippen molar-refractivity contribution in [2.75, 3.05) is 7.11 Å². The predicted octanol–water partition coefficient (Wildman–Crippen LogP) is 7.09. The Hall–Kier alpha value is -1.57. The molecule has 0 aliphatic carbocycles. The number of ether oxygens (including phenoxy) is 1. The first kappa shape index (κ1) is 23.4. The number of carbonyl (C=O) groups excluding carboxylic acids is 1. The molecule has 0 aliphatic heterocycles. The van der Waals surface area contributed by atoms with Gasteiger partial charge in [-0.25, -0.2) is 0 Å². The third kappa shape index (κ3) is 20.4. The number of hydrogen-bond acceptors (Lipinski definition) is 2. The van der Waals surface area contributed by atoms with E-state index in [1.807, 2.05) is 0 Å². The summed E-state index contributed by atoms with van der Waals surface area (Å²) in [6.45, 7) is 2.24. The maximum Gasteiger partial charge on any atom is 0.305 e. The molecule has 0 amide bonds. The van der Waals surface area contributed by atoms with Crippen molar-refractivity contribution in [3.63, 3.8) is 0 Å². The lowest BCUT2D eigenvalue weighted by Gasteiger charge is -1.98. The van der Waals surface area contributed by atoms with Gasteiger partial charge >= 0.3 is 5.97 Å². The molecule has 0 bridgehead atoms. The monoisotopic (exact) mass is 346 g/mol. The Bertz CT molecular complexity index is 402. The van der Waals surface area contributed by atoms with Crippen molar-refractivity contribution < 1.29 is 9.53 Å². The fourth-order valence-electron chi connectivity index (χ4n) is 2.37. The number of carbonyl (C=O) groups is 1. The molecule has 0 N–H and O–H groups in total. The molecule has 2 nitrogen and oxygen atoms in total. The second kappa shape index (κ2) is 20.5. The largest absolute Gasteiger partial charge is 0.469 e. The lowest BCUT2D eigenvalue weighted by molar-refractivity contribution is -0.140. The summed E-state index contributed by atoms with van der Waals surface area (Å²) >= 11 is 0. The van der Waals surface area contributed by atoms with Crippen molar-refractivity contribution in [3.8, 4) is 0 Å². The van der Waals surface area contributed by atoms with E-state index in [4.69, 9.17) is 0 Å². The number of hydrogen-bond donors (Lipinski definition) is 0. The molecule has 0 heterocycles. The molecule has 0 unspecified atom stereocenters. The zero-order valence-corrected chi connectivity index (χ0v) is 16.4. The lowest BCUT2D eigenvalue weighted by Crippen LogP contribution is -1.98. The van der Waals surface area contributed by atoms with Gasteiger partial charge in [0.05, 0.1) is 7.11 Å². The maximum atomic E-state index is 10.9. The summed E-state index contributed by atoms with van der Waals surface area (Å²) in [7, 11) is 1.45. The summed E-state index contributed by atoms with van der Waals surface area (Å²) in [6.07, 6.45) is 31.0. The Morgan fingerprint density at radius 2 is 1.16 bits per heavy atom. The van der Waals surface area contributed by atoms with Crippen LogP contribution in [0.25, 0.3) is 0 Å². The average Bonchev–Trinajstić information content (AvgIpc) is 2.63. The smallest absolute Gasteiger partial charge is 0.305 e. The van der Waals surface area contributed by atoms with E-state index in [2.05, 4.69) is 60.3 Å². The van der Waals surface area contributed by atoms with Crippen LogP contribution in [0.3, 0.4) is 0 Å². The van der Waals surface area contributed by atoms with Crippen molar-refractivity contribution in [2.24, 2.45) is 0 Å². The van der Waals surface area contributed by atoms with E-state index < -0.39 is 0 Å². The molecule has 0 aromatic heterocycles. The second-order valence-electron chi connectivity index (χ2n) is 6.26. The topological polar surface area (TPSA) is 26.3 Å². The molecule has 0 fully saturated rings. The molecule has 0 aromatic carbocycles. The summed E-state index contributed by atoms with van der Waals surface area (Å²) < 4.78 is 4.62.